The van der Waals surface area contributed by atoms with E-state index in [1.54, 1.807) is 0 Å². The summed E-state index contributed by atoms with van der Waals surface area (Å²) in [5.41, 5.74) is 6.39. The van der Waals surface area contributed by atoms with Crippen molar-refractivity contribution in [2.24, 2.45) is 5.73 Å². The normalized spacial score (nSPS) is 10.0. The maximum absolute atomic E-state index is 11.3. The van der Waals surface area contributed by atoms with Gasteiger partial charge in [-0.25, -0.2) is 0 Å². The molecule has 0 aliphatic carbocycles. The van der Waals surface area contributed by atoms with Crippen LogP contribution in [0.2, 0.25) is 0 Å². The first-order valence-corrected chi connectivity index (χ1v) is 5.09. The van der Waals surface area contributed by atoms with Crippen molar-refractivity contribution in [3.8, 4) is 0 Å². The van der Waals surface area contributed by atoms with Crippen LogP contribution in [-0.4, -0.2) is 12.3 Å². The molecule has 0 aromatic carbocycles. The van der Waals surface area contributed by atoms with Gasteiger partial charge in [0.05, 0.1) is 0 Å². The Balaban J connectivity index is 3.35. The highest BCUT2D eigenvalue weighted by Gasteiger charge is 2.02. The molecule has 0 saturated heterocycles. The Bertz CT molecular complexity index is 163. The summed E-state index contributed by atoms with van der Waals surface area (Å²) < 4.78 is 0. The first-order chi connectivity index (χ1) is 6.20. The average molecular weight is 183 g/mol. The number of nitrogens with two attached hydrogens (primary N) is 1. The Hall–Kier alpha value is -0.630. The van der Waals surface area contributed by atoms with E-state index in [1.807, 2.05) is 6.92 Å². The van der Waals surface area contributed by atoms with Crippen LogP contribution in [0.4, 0.5) is 0 Å². The molecule has 0 saturated carbocycles. The van der Waals surface area contributed by atoms with Crippen LogP contribution < -0.4 is 5.73 Å². The van der Waals surface area contributed by atoms with E-state index < -0.39 is 0 Å². The van der Waals surface area contributed by atoms with E-state index in [9.17, 15) is 4.79 Å². The molecule has 0 atom stereocenters. The van der Waals surface area contributed by atoms with Gasteiger partial charge in [0.1, 0.15) is 5.78 Å². The number of hydrogen-bond acceptors (Lipinski definition) is 2. The number of rotatable bonds is 8. The summed E-state index contributed by atoms with van der Waals surface area (Å²) in [5.74, 6) is 0.323. The molecule has 0 fully saturated rings. The minimum atomic E-state index is 0.323. The summed E-state index contributed by atoms with van der Waals surface area (Å²) in [7, 11) is 0. The molecular formula is C11H21NO. The van der Waals surface area contributed by atoms with Gasteiger partial charge in [-0.2, -0.15) is 0 Å². The summed E-state index contributed by atoms with van der Waals surface area (Å²) >= 11 is 0. The van der Waals surface area contributed by atoms with Crippen molar-refractivity contribution >= 4 is 5.78 Å². The van der Waals surface area contributed by atoms with Crippen LogP contribution in [0.5, 0.6) is 0 Å². The van der Waals surface area contributed by atoms with Crippen LogP contribution in [0.1, 0.15) is 45.4 Å². The van der Waals surface area contributed by atoms with Gasteiger partial charge < -0.3 is 5.73 Å². The van der Waals surface area contributed by atoms with Crippen LogP contribution in [0, 0.1) is 0 Å². The van der Waals surface area contributed by atoms with Crippen molar-refractivity contribution in [1.29, 1.82) is 0 Å². The highest BCUT2D eigenvalue weighted by Crippen LogP contribution is 2.08. The van der Waals surface area contributed by atoms with Crippen molar-refractivity contribution < 1.29 is 4.79 Å². The summed E-state index contributed by atoms with van der Waals surface area (Å²) in [5, 5.41) is 0. The molecule has 0 aliphatic heterocycles. The summed E-state index contributed by atoms with van der Waals surface area (Å²) in [6.07, 6.45) is 5.25. The minimum absolute atomic E-state index is 0.323. The van der Waals surface area contributed by atoms with Crippen LogP contribution >= 0.6 is 0 Å². The molecule has 0 unspecified atom stereocenters. The Kier molecular flexibility index (Phi) is 7.60. The lowest BCUT2D eigenvalue weighted by Crippen LogP contribution is -2.01. The smallest absolute Gasteiger partial charge is 0.136 e. The van der Waals surface area contributed by atoms with Gasteiger partial charge in [-0.05, 0) is 25.8 Å². The molecule has 2 N–H and O–H groups in total. The number of ketones is 1. The SMILES string of the molecule is C=C(CC)CC(=O)CCCCCN. The first-order valence-electron chi connectivity index (χ1n) is 5.09. The first kappa shape index (κ1) is 12.4. The van der Waals surface area contributed by atoms with E-state index in [0.717, 1.165) is 37.8 Å². The molecule has 76 valence electrons. The molecule has 2 nitrogen and oxygen atoms in total. The third-order valence-corrected chi connectivity index (χ3v) is 2.11. The zero-order chi connectivity index (χ0) is 10.1. The molecule has 0 aromatic rings. The monoisotopic (exact) mass is 183 g/mol. The quantitative estimate of drug-likeness (QED) is 0.464. The second-order valence-corrected chi connectivity index (χ2v) is 3.42. The van der Waals surface area contributed by atoms with Gasteiger partial charge in [-0.1, -0.05) is 25.5 Å². The topological polar surface area (TPSA) is 43.1 Å². The van der Waals surface area contributed by atoms with Gasteiger partial charge in [0, 0.05) is 12.8 Å². The number of carbonyl (C=O) groups excluding carboxylic acids is 1. The van der Waals surface area contributed by atoms with Gasteiger partial charge in [0.25, 0.3) is 0 Å². The maximum atomic E-state index is 11.3. The summed E-state index contributed by atoms with van der Waals surface area (Å²) in [6.45, 7) is 6.58. The van der Waals surface area contributed by atoms with Crippen LogP contribution in [0.25, 0.3) is 0 Å². The predicted molar refractivity (Wildman–Crippen MR) is 56.6 cm³/mol. The van der Waals surface area contributed by atoms with Crippen LogP contribution in [-0.2, 0) is 4.79 Å². The third-order valence-electron chi connectivity index (χ3n) is 2.11. The van der Waals surface area contributed by atoms with Gasteiger partial charge in [-0.3, -0.25) is 4.79 Å². The Morgan fingerprint density at radius 3 is 2.54 bits per heavy atom. The van der Waals surface area contributed by atoms with E-state index in [1.165, 1.54) is 0 Å². The van der Waals surface area contributed by atoms with Crippen molar-refractivity contribution in [1.82, 2.24) is 0 Å². The van der Waals surface area contributed by atoms with E-state index in [4.69, 9.17) is 5.73 Å². The minimum Gasteiger partial charge on any atom is -0.330 e. The number of Topliss-reactive ketones (excluding diaryl/α,β-unsaturated/α-hetero) is 1. The molecule has 0 amide bonds. The molecule has 0 radical (unpaired) electrons. The lowest BCUT2D eigenvalue weighted by atomic mass is 10.0. The van der Waals surface area contributed by atoms with Crippen molar-refractivity contribution in [2.75, 3.05) is 6.54 Å². The number of hydrogen-bond donors (Lipinski definition) is 1. The molecule has 0 aliphatic rings. The highest BCUT2D eigenvalue weighted by molar-refractivity contribution is 5.80. The van der Waals surface area contributed by atoms with Crippen LogP contribution in [0.3, 0.4) is 0 Å². The van der Waals surface area contributed by atoms with E-state index in [2.05, 4.69) is 6.58 Å². The molecule has 0 rings (SSSR count). The Labute approximate surface area is 81.2 Å². The van der Waals surface area contributed by atoms with Crippen molar-refractivity contribution in [3.63, 3.8) is 0 Å². The van der Waals surface area contributed by atoms with E-state index in [0.29, 0.717) is 18.6 Å². The standard InChI is InChI=1S/C11H21NO/c1-3-10(2)9-11(13)7-5-4-6-8-12/h2-9,12H2,1H3. The fraction of sp³-hybridized carbons (Fsp3) is 0.727. The van der Waals surface area contributed by atoms with E-state index in [-0.39, 0.29) is 0 Å². The summed E-state index contributed by atoms with van der Waals surface area (Å²) in [4.78, 5) is 11.3. The second-order valence-electron chi connectivity index (χ2n) is 3.42. The van der Waals surface area contributed by atoms with Gasteiger partial charge in [0.15, 0.2) is 0 Å². The molecule has 0 heterocycles. The fourth-order valence-electron chi connectivity index (χ4n) is 1.14. The predicted octanol–water partition coefficient (Wildman–Crippen LogP) is 2.43. The number of allylic oxidation sites excluding steroid dienone is 1. The van der Waals surface area contributed by atoms with E-state index >= 15 is 0 Å². The largest absolute Gasteiger partial charge is 0.330 e. The molecule has 0 spiro atoms. The van der Waals surface area contributed by atoms with Gasteiger partial charge in [0.2, 0.25) is 0 Å². The third kappa shape index (κ3) is 7.72. The van der Waals surface area contributed by atoms with Gasteiger partial charge in [-0.15, -0.1) is 0 Å². The molecule has 0 aromatic heterocycles. The molecule has 13 heavy (non-hydrogen) atoms. The lowest BCUT2D eigenvalue weighted by molar-refractivity contribution is -0.118. The average Bonchev–Trinajstić information content (AvgIpc) is 2.12. The zero-order valence-electron chi connectivity index (χ0n) is 8.64. The Morgan fingerprint density at radius 2 is 2.00 bits per heavy atom. The summed E-state index contributed by atoms with van der Waals surface area (Å²) in [6, 6.07) is 0. The Morgan fingerprint density at radius 1 is 1.31 bits per heavy atom. The fourth-order valence-corrected chi connectivity index (χ4v) is 1.14. The van der Waals surface area contributed by atoms with Crippen LogP contribution in [0.15, 0.2) is 12.2 Å². The number of carbonyl (C=O) groups is 1. The molecular weight excluding hydrogens is 162 g/mol. The zero-order valence-corrected chi connectivity index (χ0v) is 8.64. The van der Waals surface area contributed by atoms with Crippen molar-refractivity contribution in [3.05, 3.63) is 12.2 Å². The van der Waals surface area contributed by atoms with Crippen molar-refractivity contribution in [2.45, 2.75) is 45.4 Å². The highest BCUT2D eigenvalue weighted by atomic mass is 16.1. The second kappa shape index (κ2) is 7.99. The lowest BCUT2D eigenvalue weighted by Gasteiger charge is -2.01. The molecule has 2 heteroatoms. The molecule has 0 bridgehead atoms. The van der Waals surface area contributed by atoms with Gasteiger partial charge >= 0.3 is 0 Å². The number of unbranched alkanes of at least 4 members (excludes halogenated alkanes) is 2. The maximum Gasteiger partial charge on any atom is 0.136 e.